The molecule has 0 aliphatic carbocycles. The van der Waals surface area contributed by atoms with Crippen molar-refractivity contribution in [2.45, 2.75) is 45.4 Å². The number of nitrogens with zero attached hydrogens (tertiary/aromatic N) is 2. The van der Waals surface area contributed by atoms with Gasteiger partial charge >= 0.3 is 0 Å². The molecular formula is C19H28N2O4S. The van der Waals surface area contributed by atoms with Crippen molar-refractivity contribution >= 4 is 21.8 Å². The van der Waals surface area contributed by atoms with E-state index in [9.17, 15) is 18.0 Å². The Bertz CT molecular complexity index is 759. The minimum Gasteiger partial charge on any atom is -0.341 e. The quantitative estimate of drug-likeness (QED) is 0.695. The molecule has 0 radical (unpaired) electrons. The van der Waals surface area contributed by atoms with Gasteiger partial charge in [-0.25, -0.2) is 12.7 Å². The van der Waals surface area contributed by atoms with E-state index in [1.165, 1.54) is 12.1 Å². The molecule has 2 rings (SSSR count). The SMILES string of the molecule is CC(C)CCN(CCC(C)C)C(=O)CN1C(=O)c2ccccc2S1(=O)=O. The van der Waals surface area contributed by atoms with Crippen LogP contribution in [-0.2, 0) is 14.8 Å². The van der Waals surface area contributed by atoms with Crippen molar-refractivity contribution < 1.29 is 18.0 Å². The lowest BCUT2D eigenvalue weighted by Crippen LogP contribution is -2.43. The Morgan fingerprint density at radius 2 is 1.58 bits per heavy atom. The number of amides is 2. The van der Waals surface area contributed by atoms with E-state index in [-0.39, 0.29) is 16.4 Å². The van der Waals surface area contributed by atoms with Gasteiger partial charge in [-0.15, -0.1) is 0 Å². The highest BCUT2D eigenvalue weighted by Crippen LogP contribution is 2.29. The highest BCUT2D eigenvalue weighted by molar-refractivity contribution is 7.90. The Balaban J connectivity index is 2.16. The van der Waals surface area contributed by atoms with E-state index < -0.39 is 22.5 Å². The lowest BCUT2D eigenvalue weighted by molar-refractivity contribution is -0.131. The second kappa shape index (κ2) is 8.20. The van der Waals surface area contributed by atoms with Gasteiger partial charge in [-0.2, -0.15) is 0 Å². The lowest BCUT2D eigenvalue weighted by Gasteiger charge is -2.26. The van der Waals surface area contributed by atoms with Gasteiger partial charge in [-0.1, -0.05) is 39.8 Å². The molecule has 26 heavy (non-hydrogen) atoms. The van der Waals surface area contributed by atoms with Gasteiger partial charge in [-0.3, -0.25) is 9.59 Å². The maximum atomic E-state index is 12.8. The van der Waals surface area contributed by atoms with Crippen molar-refractivity contribution in [3.8, 4) is 0 Å². The number of rotatable bonds is 8. The van der Waals surface area contributed by atoms with Crippen LogP contribution in [0.5, 0.6) is 0 Å². The average Bonchev–Trinajstić information content (AvgIpc) is 2.75. The summed E-state index contributed by atoms with van der Waals surface area (Å²) in [6, 6.07) is 6.08. The molecule has 1 aromatic carbocycles. The molecule has 0 fully saturated rings. The van der Waals surface area contributed by atoms with Gasteiger partial charge < -0.3 is 4.90 Å². The largest absolute Gasteiger partial charge is 0.341 e. The second-order valence-corrected chi connectivity index (χ2v) is 9.39. The number of fused-ring (bicyclic) bond motifs is 1. The molecule has 0 atom stereocenters. The van der Waals surface area contributed by atoms with Gasteiger partial charge in [0.15, 0.2) is 0 Å². The third-order valence-electron chi connectivity index (χ3n) is 4.50. The van der Waals surface area contributed by atoms with Crippen LogP contribution < -0.4 is 0 Å². The molecule has 1 aliphatic rings. The number of hydrogen-bond donors (Lipinski definition) is 0. The smallest absolute Gasteiger partial charge is 0.269 e. The van der Waals surface area contributed by atoms with Crippen molar-refractivity contribution in [2.75, 3.05) is 19.6 Å². The van der Waals surface area contributed by atoms with Crippen LogP contribution in [0, 0.1) is 11.8 Å². The number of carbonyl (C=O) groups is 2. The maximum Gasteiger partial charge on any atom is 0.269 e. The molecule has 0 saturated carbocycles. The summed E-state index contributed by atoms with van der Waals surface area (Å²) in [5.41, 5.74) is 0.135. The highest BCUT2D eigenvalue weighted by Gasteiger charge is 2.42. The van der Waals surface area contributed by atoms with Crippen LogP contribution in [0.2, 0.25) is 0 Å². The molecule has 144 valence electrons. The van der Waals surface area contributed by atoms with Gasteiger partial charge in [-0.05, 0) is 36.8 Å². The molecular weight excluding hydrogens is 352 g/mol. The number of carbonyl (C=O) groups excluding carboxylic acids is 2. The van der Waals surface area contributed by atoms with Crippen molar-refractivity contribution in [3.63, 3.8) is 0 Å². The first-order chi connectivity index (χ1) is 12.1. The third-order valence-corrected chi connectivity index (χ3v) is 6.28. The maximum absolute atomic E-state index is 12.8. The fraction of sp³-hybridized carbons (Fsp3) is 0.579. The van der Waals surface area contributed by atoms with Crippen LogP contribution in [0.1, 0.15) is 50.9 Å². The molecule has 0 N–H and O–H groups in total. The summed E-state index contributed by atoms with van der Waals surface area (Å²) in [5.74, 6) is -0.0748. The van der Waals surface area contributed by atoms with Crippen LogP contribution in [0.4, 0.5) is 0 Å². The van der Waals surface area contributed by atoms with E-state index in [4.69, 9.17) is 0 Å². The highest BCUT2D eigenvalue weighted by atomic mass is 32.2. The fourth-order valence-corrected chi connectivity index (χ4v) is 4.32. The van der Waals surface area contributed by atoms with Gasteiger partial charge in [0.25, 0.3) is 15.9 Å². The first kappa shape index (κ1) is 20.4. The van der Waals surface area contributed by atoms with E-state index in [1.807, 2.05) is 0 Å². The molecule has 2 amide bonds. The monoisotopic (exact) mass is 380 g/mol. The zero-order valence-corrected chi connectivity index (χ0v) is 16.8. The summed E-state index contributed by atoms with van der Waals surface area (Å²) in [7, 11) is -3.95. The van der Waals surface area contributed by atoms with Crippen LogP contribution in [0.3, 0.4) is 0 Å². The molecule has 0 aromatic heterocycles. The Kier molecular flexibility index (Phi) is 6.44. The second-order valence-electron chi connectivity index (χ2n) is 7.56. The van der Waals surface area contributed by atoms with Crippen molar-refractivity contribution in [3.05, 3.63) is 29.8 Å². The van der Waals surface area contributed by atoms with E-state index in [0.717, 1.165) is 12.8 Å². The Hall–Kier alpha value is -1.89. The summed E-state index contributed by atoms with van der Waals surface area (Å²) in [6.07, 6.45) is 1.68. The Labute approximate surface area is 156 Å². The van der Waals surface area contributed by atoms with E-state index in [2.05, 4.69) is 27.7 Å². The van der Waals surface area contributed by atoms with Crippen LogP contribution >= 0.6 is 0 Å². The zero-order valence-electron chi connectivity index (χ0n) is 15.9. The van der Waals surface area contributed by atoms with Crippen molar-refractivity contribution in [1.29, 1.82) is 0 Å². The van der Waals surface area contributed by atoms with Gasteiger partial charge in [0, 0.05) is 13.1 Å². The average molecular weight is 381 g/mol. The van der Waals surface area contributed by atoms with Crippen molar-refractivity contribution in [1.82, 2.24) is 9.21 Å². The van der Waals surface area contributed by atoms with Crippen LogP contribution in [0.25, 0.3) is 0 Å². The summed E-state index contributed by atoms with van der Waals surface area (Å²) in [5, 5.41) is 0. The topological polar surface area (TPSA) is 74.8 Å². The van der Waals surface area contributed by atoms with E-state index in [1.54, 1.807) is 17.0 Å². The Morgan fingerprint density at radius 3 is 2.08 bits per heavy atom. The van der Waals surface area contributed by atoms with Gasteiger partial charge in [0.05, 0.1) is 5.56 Å². The molecule has 0 saturated heterocycles. The molecule has 1 aliphatic heterocycles. The summed E-state index contributed by atoms with van der Waals surface area (Å²) in [6.45, 7) is 9.02. The third kappa shape index (κ3) is 4.44. The summed E-state index contributed by atoms with van der Waals surface area (Å²) in [4.78, 5) is 26.9. The molecule has 1 heterocycles. The van der Waals surface area contributed by atoms with Crippen LogP contribution in [0.15, 0.2) is 29.2 Å². The predicted octanol–water partition coefficient (Wildman–Crippen LogP) is 2.75. The first-order valence-corrected chi connectivity index (χ1v) is 10.5. The molecule has 7 heteroatoms. The predicted molar refractivity (Wildman–Crippen MR) is 100 cm³/mol. The minimum absolute atomic E-state index is 0.0197. The molecule has 0 bridgehead atoms. The normalized spacial score (nSPS) is 15.6. The van der Waals surface area contributed by atoms with E-state index in [0.29, 0.717) is 29.2 Å². The molecule has 0 spiro atoms. The number of benzene rings is 1. The number of hydrogen-bond acceptors (Lipinski definition) is 4. The molecule has 0 unspecified atom stereocenters. The van der Waals surface area contributed by atoms with Gasteiger partial charge in [0.1, 0.15) is 11.4 Å². The van der Waals surface area contributed by atoms with Crippen LogP contribution in [-0.4, -0.2) is 49.1 Å². The Morgan fingerprint density at radius 1 is 1.04 bits per heavy atom. The minimum atomic E-state index is -3.95. The summed E-state index contributed by atoms with van der Waals surface area (Å²) < 4.78 is 25.9. The zero-order chi connectivity index (χ0) is 19.5. The first-order valence-electron chi connectivity index (χ1n) is 9.08. The summed E-state index contributed by atoms with van der Waals surface area (Å²) >= 11 is 0. The standard InChI is InChI=1S/C19H28N2O4S/c1-14(2)9-11-20(12-10-15(3)4)18(22)13-21-19(23)16-7-5-6-8-17(16)26(21,24)25/h5-8,14-15H,9-13H2,1-4H3. The van der Waals surface area contributed by atoms with Gasteiger partial charge in [0.2, 0.25) is 5.91 Å². The molecule has 6 nitrogen and oxygen atoms in total. The lowest BCUT2D eigenvalue weighted by atomic mass is 10.1. The number of sulfonamides is 1. The van der Waals surface area contributed by atoms with E-state index >= 15 is 0 Å². The fourth-order valence-electron chi connectivity index (χ4n) is 2.80. The van der Waals surface area contributed by atoms with Crippen molar-refractivity contribution in [2.24, 2.45) is 11.8 Å². The molecule has 1 aromatic rings.